The second kappa shape index (κ2) is 8.43. The summed E-state index contributed by atoms with van der Waals surface area (Å²) in [4.78, 5) is 0.0482. The van der Waals surface area contributed by atoms with Crippen molar-refractivity contribution in [1.82, 2.24) is 0 Å². The van der Waals surface area contributed by atoms with E-state index >= 15 is 0 Å². The summed E-state index contributed by atoms with van der Waals surface area (Å²) in [6, 6.07) is 17.3. The highest BCUT2D eigenvalue weighted by Crippen LogP contribution is 2.45. The number of benzene rings is 4. The summed E-state index contributed by atoms with van der Waals surface area (Å²) in [7, 11) is 0.603. The Bertz CT molecular complexity index is 1380. The van der Waals surface area contributed by atoms with E-state index in [9.17, 15) is 8.42 Å². The molecule has 8 heteroatoms. The Morgan fingerprint density at radius 2 is 1.26 bits per heavy atom. The third-order valence-electron chi connectivity index (χ3n) is 4.94. The van der Waals surface area contributed by atoms with Crippen LogP contribution in [0, 0.1) is 3.57 Å². The van der Waals surface area contributed by atoms with Gasteiger partial charge in [0.2, 0.25) is 0 Å². The van der Waals surface area contributed by atoms with Gasteiger partial charge in [0.05, 0.1) is 21.3 Å². The second-order valence-electron chi connectivity index (χ2n) is 6.63. The first-order valence-electron chi connectivity index (χ1n) is 9.24. The average Bonchev–Trinajstić information content (AvgIpc) is 2.77. The lowest BCUT2D eigenvalue weighted by Gasteiger charge is -2.17. The molecule has 0 spiro atoms. The zero-order valence-electron chi connectivity index (χ0n) is 17.0. The largest absolute Gasteiger partial charge is 0.497 e. The van der Waals surface area contributed by atoms with E-state index in [1.807, 2.05) is 46.9 Å². The predicted molar refractivity (Wildman–Crippen MR) is 128 cm³/mol. The smallest absolute Gasteiger partial charge is 0.340 e. The van der Waals surface area contributed by atoms with E-state index in [0.29, 0.717) is 26.2 Å². The Hall–Kier alpha value is -2.72. The minimum Gasteiger partial charge on any atom is -0.497 e. The number of methoxy groups -OCH3 is 3. The Kier molecular flexibility index (Phi) is 5.85. The molecule has 6 nitrogen and oxygen atoms in total. The third kappa shape index (κ3) is 3.74. The van der Waals surface area contributed by atoms with Gasteiger partial charge in [-0.15, -0.1) is 0 Å². The molecule has 0 unspecified atom stereocenters. The van der Waals surface area contributed by atoms with Crippen molar-refractivity contribution < 1.29 is 26.8 Å². The van der Waals surface area contributed by atoms with Crippen LogP contribution < -0.4 is 18.4 Å². The maximum absolute atomic E-state index is 13.1. The molecule has 0 atom stereocenters. The zero-order valence-corrected chi connectivity index (χ0v) is 20.0. The maximum atomic E-state index is 13.1. The maximum Gasteiger partial charge on any atom is 0.340 e. The van der Waals surface area contributed by atoms with E-state index in [2.05, 4.69) is 0 Å². The number of halogens is 1. The highest BCUT2D eigenvalue weighted by molar-refractivity contribution is 14.1. The van der Waals surface area contributed by atoms with E-state index in [0.717, 1.165) is 16.2 Å². The first-order valence-corrected chi connectivity index (χ1v) is 11.7. The molecule has 4 aromatic rings. The second-order valence-corrected chi connectivity index (χ2v) is 9.22. The van der Waals surface area contributed by atoms with Crippen LogP contribution in [-0.2, 0) is 10.1 Å². The van der Waals surface area contributed by atoms with Crippen LogP contribution >= 0.6 is 22.6 Å². The summed E-state index contributed by atoms with van der Waals surface area (Å²) in [5, 5.41) is 3.12. The van der Waals surface area contributed by atoms with Crippen molar-refractivity contribution in [3.05, 3.63) is 64.2 Å². The third-order valence-corrected chi connectivity index (χ3v) is 7.71. The highest BCUT2D eigenvalue weighted by Gasteiger charge is 2.26. The molecule has 4 aromatic carbocycles. The van der Waals surface area contributed by atoms with Gasteiger partial charge < -0.3 is 18.4 Å². The van der Waals surface area contributed by atoms with E-state index in [1.165, 1.54) is 13.2 Å². The van der Waals surface area contributed by atoms with Gasteiger partial charge in [-0.2, -0.15) is 8.42 Å². The Morgan fingerprint density at radius 1 is 0.677 bits per heavy atom. The van der Waals surface area contributed by atoms with Crippen molar-refractivity contribution in [2.45, 2.75) is 4.90 Å². The Labute approximate surface area is 193 Å². The average molecular weight is 550 g/mol. The lowest BCUT2D eigenvalue weighted by Crippen LogP contribution is -2.12. The molecule has 0 saturated heterocycles. The zero-order chi connectivity index (χ0) is 22.2. The molecule has 0 aliphatic heterocycles. The topological polar surface area (TPSA) is 71.1 Å². The van der Waals surface area contributed by atoms with Gasteiger partial charge in [-0.1, -0.05) is 24.3 Å². The van der Waals surface area contributed by atoms with Gasteiger partial charge >= 0.3 is 10.1 Å². The van der Waals surface area contributed by atoms with E-state index < -0.39 is 10.1 Å². The van der Waals surface area contributed by atoms with E-state index in [-0.39, 0.29) is 10.6 Å². The normalized spacial score (nSPS) is 11.5. The van der Waals surface area contributed by atoms with E-state index in [1.54, 1.807) is 44.6 Å². The van der Waals surface area contributed by atoms with Crippen LogP contribution in [0.5, 0.6) is 23.0 Å². The molecular weight excluding hydrogens is 531 g/mol. The number of rotatable bonds is 6. The van der Waals surface area contributed by atoms with Crippen LogP contribution in [0.3, 0.4) is 0 Å². The molecule has 0 heterocycles. The number of ether oxygens (including phenoxy) is 3. The van der Waals surface area contributed by atoms with Crippen LogP contribution in [0.1, 0.15) is 0 Å². The summed E-state index contributed by atoms with van der Waals surface area (Å²) >= 11 is 2.02. The van der Waals surface area contributed by atoms with Gasteiger partial charge in [-0.05, 0) is 59.0 Å². The van der Waals surface area contributed by atoms with Crippen LogP contribution in [0.4, 0.5) is 0 Å². The van der Waals surface area contributed by atoms with Crippen molar-refractivity contribution in [3.63, 3.8) is 0 Å². The SMILES string of the molecule is COc1ccc(OS(=O)(=O)c2ccc3c(OC)c4ccccc4c(OC)c3c2I)cc1. The number of fused-ring (bicyclic) bond motifs is 2. The predicted octanol–water partition coefficient (Wildman–Crippen LogP) is 5.39. The van der Waals surface area contributed by atoms with Gasteiger partial charge in [-0.3, -0.25) is 0 Å². The van der Waals surface area contributed by atoms with Gasteiger partial charge in [0.1, 0.15) is 27.9 Å². The number of hydrogen-bond donors (Lipinski definition) is 0. The van der Waals surface area contributed by atoms with Gasteiger partial charge in [0, 0.05) is 25.1 Å². The summed E-state index contributed by atoms with van der Waals surface area (Å²) in [5.74, 6) is 2.04. The minimum absolute atomic E-state index is 0.0482. The fraction of sp³-hybridized carbons (Fsp3) is 0.130. The Balaban J connectivity index is 1.93. The molecule has 0 saturated carbocycles. The number of hydrogen-bond acceptors (Lipinski definition) is 6. The molecule has 0 fully saturated rings. The van der Waals surface area contributed by atoms with Crippen LogP contribution in [-0.4, -0.2) is 29.7 Å². The standard InChI is InChI=1S/C23H19IO6S/c1-27-14-8-10-15(11-9-14)30-31(25,26)19-13-12-18-20(21(19)24)23(29-3)17-7-5-4-6-16(17)22(18)28-2/h4-13H,1-3H3. The van der Waals surface area contributed by atoms with Gasteiger partial charge in [0.25, 0.3) is 0 Å². The minimum atomic E-state index is -4.10. The first kappa shape index (κ1) is 21.5. The summed E-state index contributed by atoms with van der Waals surface area (Å²) in [5.41, 5.74) is 0. The molecule has 0 amide bonds. The fourth-order valence-corrected chi connectivity index (χ4v) is 6.09. The molecule has 0 aliphatic carbocycles. The summed E-state index contributed by atoms with van der Waals surface area (Å²) in [6.07, 6.45) is 0. The fourth-order valence-electron chi connectivity index (χ4n) is 3.55. The van der Waals surface area contributed by atoms with Crippen LogP contribution in [0.25, 0.3) is 21.5 Å². The lowest BCUT2D eigenvalue weighted by atomic mass is 10.0. The molecular formula is C23H19IO6S. The molecule has 0 N–H and O–H groups in total. The highest BCUT2D eigenvalue weighted by atomic mass is 127. The molecule has 0 aliphatic rings. The first-order chi connectivity index (χ1) is 14.9. The van der Waals surface area contributed by atoms with Crippen LogP contribution in [0.2, 0.25) is 0 Å². The molecule has 0 bridgehead atoms. The quantitative estimate of drug-likeness (QED) is 0.182. The summed E-state index contributed by atoms with van der Waals surface area (Å²) in [6.45, 7) is 0. The lowest BCUT2D eigenvalue weighted by molar-refractivity contribution is 0.413. The van der Waals surface area contributed by atoms with Crippen molar-refractivity contribution in [1.29, 1.82) is 0 Å². The molecule has 4 rings (SSSR count). The van der Waals surface area contributed by atoms with Gasteiger partial charge in [0.15, 0.2) is 0 Å². The monoisotopic (exact) mass is 550 g/mol. The van der Waals surface area contributed by atoms with Crippen molar-refractivity contribution >= 4 is 54.3 Å². The molecule has 0 aromatic heterocycles. The van der Waals surface area contributed by atoms with E-state index in [4.69, 9.17) is 18.4 Å². The molecule has 31 heavy (non-hydrogen) atoms. The van der Waals surface area contributed by atoms with Gasteiger partial charge in [-0.25, -0.2) is 0 Å². The Morgan fingerprint density at radius 3 is 1.84 bits per heavy atom. The van der Waals surface area contributed by atoms with Crippen molar-refractivity contribution in [2.75, 3.05) is 21.3 Å². The molecule has 160 valence electrons. The van der Waals surface area contributed by atoms with Crippen molar-refractivity contribution in [2.24, 2.45) is 0 Å². The molecule has 0 radical (unpaired) electrons. The summed E-state index contributed by atoms with van der Waals surface area (Å²) < 4.78 is 48.6. The van der Waals surface area contributed by atoms with Crippen LogP contribution in [0.15, 0.2) is 65.6 Å². The van der Waals surface area contributed by atoms with Crippen molar-refractivity contribution in [3.8, 4) is 23.0 Å².